The Balaban J connectivity index is 1.93. The smallest absolute Gasteiger partial charge is 0.255 e. The summed E-state index contributed by atoms with van der Waals surface area (Å²) in [6, 6.07) is 4.19. The van der Waals surface area contributed by atoms with Crippen LogP contribution < -0.4 is 16.2 Å². The highest BCUT2D eigenvalue weighted by molar-refractivity contribution is 5.75. The Morgan fingerprint density at radius 3 is 2.40 bits per heavy atom. The molecule has 0 radical (unpaired) electrons. The molecule has 25 heavy (non-hydrogen) atoms. The third-order valence-corrected chi connectivity index (χ3v) is 4.86. The lowest BCUT2D eigenvalue weighted by atomic mass is 9.85. The molecule has 1 heterocycles. The second-order valence-corrected chi connectivity index (χ2v) is 6.92. The zero-order chi connectivity index (χ0) is 18.4. The third kappa shape index (κ3) is 5.74. The molecule has 1 aromatic carbocycles. The van der Waals surface area contributed by atoms with Crippen LogP contribution in [0.2, 0.25) is 0 Å². The zero-order valence-electron chi connectivity index (χ0n) is 15.2. The molecule has 1 aromatic rings. The Morgan fingerprint density at radius 1 is 1.12 bits per heavy atom. The molecule has 0 bridgehead atoms. The van der Waals surface area contributed by atoms with Crippen LogP contribution in [-0.4, -0.2) is 43.0 Å². The fraction of sp³-hybridized carbons (Fsp3) is 0.579. The minimum atomic E-state index is -0.468. The molecule has 0 spiro atoms. The molecule has 0 aromatic heterocycles. The second-order valence-electron chi connectivity index (χ2n) is 6.92. The van der Waals surface area contributed by atoms with Crippen molar-refractivity contribution >= 4 is 11.8 Å². The number of carbonyl (C=O) groups excluding carboxylic acids is 2. The SMILES string of the molecule is Cc1cc(C2CCN(CCCC(N)=O)CC2)c(C)cc1OCC(N)=O. The van der Waals surface area contributed by atoms with Crippen LogP contribution in [0.25, 0.3) is 0 Å². The topological polar surface area (TPSA) is 98.7 Å². The Kier molecular flexibility index (Phi) is 6.82. The predicted octanol–water partition coefficient (Wildman–Crippen LogP) is 1.61. The average Bonchev–Trinajstić information content (AvgIpc) is 2.55. The predicted molar refractivity (Wildman–Crippen MR) is 97.4 cm³/mol. The molecule has 138 valence electrons. The number of primary amides is 2. The van der Waals surface area contributed by atoms with Gasteiger partial charge in [0.25, 0.3) is 5.91 Å². The summed E-state index contributed by atoms with van der Waals surface area (Å²) in [5.41, 5.74) is 13.9. The van der Waals surface area contributed by atoms with Crippen molar-refractivity contribution in [2.24, 2.45) is 11.5 Å². The molecule has 1 aliphatic rings. The fourth-order valence-corrected chi connectivity index (χ4v) is 3.50. The van der Waals surface area contributed by atoms with E-state index in [9.17, 15) is 9.59 Å². The largest absolute Gasteiger partial charge is 0.484 e. The summed E-state index contributed by atoms with van der Waals surface area (Å²) in [6.45, 7) is 7.02. The van der Waals surface area contributed by atoms with Crippen LogP contribution in [0.4, 0.5) is 0 Å². The van der Waals surface area contributed by atoms with Gasteiger partial charge in [-0.3, -0.25) is 9.59 Å². The summed E-state index contributed by atoms with van der Waals surface area (Å²) in [6.07, 6.45) is 3.52. The number of aryl methyl sites for hydroxylation is 2. The molecule has 1 saturated heterocycles. The molecular weight excluding hydrogens is 318 g/mol. The van der Waals surface area contributed by atoms with Gasteiger partial charge in [-0.1, -0.05) is 6.07 Å². The van der Waals surface area contributed by atoms with E-state index in [4.69, 9.17) is 16.2 Å². The van der Waals surface area contributed by atoms with E-state index in [-0.39, 0.29) is 12.5 Å². The van der Waals surface area contributed by atoms with Gasteiger partial charge in [-0.05, 0) is 81.4 Å². The highest BCUT2D eigenvalue weighted by atomic mass is 16.5. The maximum atomic E-state index is 10.9. The van der Waals surface area contributed by atoms with Crippen molar-refractivity contribution in [3.05, 3.63) is 28.8 Å². The highest BCUT2D eigenvalue weighted by Gasteiger charge is 2.22. The van der Waals surface area contributed by atoms with Gasteiger partial charge in [0.05, 0.1) is 0 Å². The number of hydrogen-bond donors (Lipinski definition) is 2. The minimum absolute atomic E-state index is 0.0939. The van der Waals surface area contributed by atoms with Crippen molar-refractivity contribution in [2.45, 2.75) is 45.4 Å². The van der Waals surface area contributed by atoms with Crippen LogP contribution in [0.15, 0.2) is 12.1 Å². The van der Waals surface area contributed by atoms with Crippen LogP contribution in [0.1, 0.15) is 48.3 Å². The molecule has 0 aliphatic carbocycles. The first-order valence-electron chi connectivity index (χ1n) is 8.89. The molecular formula is C19H29N3O3. The summed E-state index contributed by atoms with van der Waals surface area (Å²) >= 11 is 0. The first kappa shape index (κ1) is 19.2. The normalized spacial score (nSPS) is 15.9. The Morgan fingerprint density at radius 2 is 1.80 bits per heavy atom. The van der Waals surface area contributed by atoms with Gasteiger partial charge in [0.2, 0.25) is 5.91 Å². The maximum absolute atomic E-state index is 10.9. The number of nitrogens with zero attached hydrogens (tertiary/aromatic N) is 1. The molecule has 2 amide bonds. The quantitative estimate of drug-likeness (QED) is 0.746. The van der Waals surface area contributed by atoms with Gasteiger partial charge in [-0.2, -0.15) is 0 Å². The first-order chi connectivity index (χ1) is 11.9. The minimum Gasteiger partial charge on any atom is -0.484 e. The monoisotopic (exact) mass is 347 g/mol. The highest BCUT2D eigenvalue weighted by Crippen LogP contribution is 2.33. The van der Waals surface area contributed by atoms with E-state index in [1.54, 1.807) is 0 Å². The number of nitrogens with two attached hydrogens (primary N) is 2. The number of likely N-dealkylation sites (tertiary alicyclic amines) is 1. The first-order valence-corrected chi connectivity index (χ1v) is 8.89. The Bertz CT molecular complexity index is 623. The lowest BCUT2D eigenvalue weighted by Gasteiger charge is -2.33. The van der Waals surface area contributed by atoms with Crippen molar-refractivity contribution in [1.82, 2.24) is 4.90 Å². The van der Waals surface area contributed by atoms with Crippen LogP contribution >= 0.6 is 0 Å². The van der Waals surface area contributed by atoms with Crippen LogP contribution in [0.3, 0.4) is 0 Å². The van der Waals surface area contributed by atoms with Crippen molar-refractivity contribution in [1.29, 1.82) is 0 Å². The maximum Gasteiger partial charge on any atom is 0.255 e. The number of hydrogen-bond acceptors (Lipinski definition) is 4. The summed E-state index contributed by atoms with van der Waals surface area (Å²) < 4.78 is 5.48. The van der Waals surface area contributed by atoms with E-state index in [0.717, 1.165) is 50.2 Å². The summed E-state index contributed by atoms with van der Waals surface area (Å²) in [4.78, 5) is 24.1. The average molecular weight is 347 g/mol. The van der Waals surface area contributed by atoms with E-state index in [1.807, 2.05) is 13.0 Å². The number of benzene rings is 1. The number of piperidine rings is 1. The van der Waals surface area contributed by atoms with Crippen molar-refractivity contribution < 1.29 is 14.3 Å². The standard InChI is InChI=1S/C19H29N3O3/c1-13-11-17(25-12-19(21)24)14(2)10-16(13)15-5-8-22(9-6-15)7-3-4-18(20)23/h10-11,15H,3-9,12H2,1-2H3,(H2,20,23)(H2,21,24). The molecule has 1 fully saturated rings. The molecule has 6 nitrogen and oxygen atoms in total. The summed E-state index contributed by atoms with van der Waals surface area (Å²) in [7, 11) is 0. The van der Waals surface area contributed by atoms with Crippen molar-refractivity contribution in [3.63, 3.8) is 0 Å². The van der Waals surface area contributed by atoms with Crippen molar-refractivity contribution in [2.75, 3.05) is 26.2 Å². The number of rotatable bonds is 8. The Labute approximate surface area is 149 Å². The van der Waals surface area contributed by atoms with Gasteiger partial charge in [-0.15, -0.1) is 0 Å². The van der Waals surface area contributed by atoms with Gasteiger partial charge in [-0.25, -0.2) is 0 Å². The van der Waals surface area contributed by atoms with Gasteiger partial charge in [0.15, 0.2) is 6.61 Å². The van der Waals surface area contributed by atoms with Crippen molar-refractivity contribution in [3.8, 4) is 5.75 Å². The number of amides is 2. The van der Waals surface area contributed by atoms with Gasteiger partial charge >= 0.3 is 0 Å². The van der Waals surface area contributed by atoms with E-state index >= 15 is 0 Å². The van der Waals surface area contributed by atoms with Gasteiger partial charge in [0.1, 0.15) is 5.75 Å². The summed E-state index contributed by atoms with van der Waals surface area (Å²) in [5.74, 6) is 0.574. The zero-order valence-corrected chi connectivity index (χ0v) is 15.2. The van der Waals surface area contributed by atoms with E-state index in [1.165, 1.54) is 11.1 Å². The molecule has 2 rings (SSSR count). The van der Waals surface area contributed by atoms with Gasteiger partial charge in [0, 0.05) is 6.42 Å². The lowest BCUT2D eigenvalue weighted by Crippen LogP contribution is -2.34. The Hall–Kier alpha value is -2.08. The molecule has 0 atom stereocenters. The fourth-order valence-electron chi connectivity index (χ4n) is 3.50. The summed E-state index contributed by atoms with van der Waals surface area (Å²) in [5, 5.41) is 0. The molecule has 1 aliphatic heterocycles. The molecule has 6 heteroatoms. The number of ether oxygens (including phenoxy) is 1. The molecule has 0 saturated carbocycles. The third-order valence-electron chi connectivity index (χ3n) is 4.86. The molecule has 0 unspecified atom stereocenters. The van der Waals surface area contributed by atoms with E-state index in [0.29, 0.717) is 12.3 Å². The van der Waals surface area contributed by atoms with Crippen LogP contribution in [0, 0.1) is 13.8 Å². The van der Waals surface area contributed by atoms with Gasteiger partial charge < -0.3 is 21.1 Å². The number of carbonyl (C=O) groups is 2. The van der Waals surface area contributed by atoms with Crippen LogP contribution in [-0.2, 0) is 9.59 Å². The molecule has 4 N–H and O–H groups in total. The van der Waals surface area contributed by atoms with E-state index in [2.05, 4.69) is 17.9 Å². The lowest BCUT2D eigenvalue weighted by molar-refractivity contribution is -0.120. The van der Waals surface area contributed by atoms with Crippen LogP contribution in [0.5, 0.6) is 5.75 Å². The van der Waals surface area contributed by atoms with E-state index < -0.39 is 5.91 Å². The second kappa shape index (κ2) is 8.85.